The summed E-state index contributed by atoms with van der Waals surface area (Å²) in [5, 5.41) is 7.20. The maximum absolute atomic E-state index is 12.1. The van der Waals surface area contributed by atoms with Gasteiger partial charge < -0.3 is 5.32 Å². The van der Waals surface area contributed by atoms with Crippen LogP contribution in [-0.2, 0) is 11.2 Å². The van der Waals surface area contributed by atoms with E-state index in [4.69, 9.17) is 0 Å². The first kappa shape index (κ1) is 14.8. The number of anilines is 1. The highest BCUT2D eigenvalue weighted by Gasteiger charge is 2.07. The average molecular weight is 403 g/mol. The molecule has 0 atom stereocenters. The molecule has 1 amide bonds. The molecule has 1 N–H and O–H groups in total. The monoisotopic (exact) mass is 403 g/mol. The molecule has 0 aliphatic rings. The van der Waals surface area contributed by atoms with Crippen molar-refractivity contribution in [1.82, 2.24) is 9.78 Å². The molecule has 22 heavy (non-hydrogen) atoms. The van der Waals surface area contributed by atoms with Crippen LogP contribution in [0.15, 0.2) is 67.0 Å². The van der Waals surface area contributed by atoms with Gasteiger partial charge in [0.1, 0.15) is 0 Å². The van der Waals surface area contributed by atoms with E-state index in [9.17, 15) is 4.79 Å². The van der Waals surface area contributed by atoms with E-state index in [1.807, 2.05) is 60.8 Å². The highest BCUT2D eigenvalue weighted by atomic mass is 127. The zero-order chi connectivity index (χ0) is 15.4. The Morgan fingerprint density at radius 1 is 1.14 bits per heavy atom. The van der Waals surface area contributed by atoms with Crippen molar-refractivity contribution in [2.75, 3.05) is 5.32 Å². The Morgan fingerprint density at radius 2 is 1.95 bits per heavy atom. The molecule has 0 bridgehead atoms. The molecule has 0 saturated carbocycles. The lowest BCUT2D eigenvalue weighted by molar-refractivity contribution is -0.115. The van der Waals surface area contributed by atoms with Gasteiger partial charge in [0.15, 0.2) is 0 Å². The van der Waals surface area contributed by atoms with E-state index in [0.717, 1.165) is 20.5 Å². The van der Waals surface area contributed by atoms with Crippen molar-refractivity contribution in [2.24, 2.45) is 0 Å². The van der Waals surface area contributed by atoms with Crippen LogP contribution in [0.3, 0.4) is 0 Å². The fourth-order valence-corrected chi connectivity index (χ4v) is 2.67. The molecule has 0 spiro atoms. The third-order valence-corrected chi connectivity index (χ3v) is 3.80. The van der Waals surface area contributed by atoms with Crippen LogP contribution < -0.4 is 5.32 Å². The fourth-order valence-electron chi connectivity index (χ4n) is 2.13. The Labute approximate surface area is 142 Å². The number of carbonyl (C=O) groups is 1. The number of rotatable bonds is 4. The quantitative estimate of drug-likeness (QED) is 0.676. The van der Waals surface area contributed by atoms with Gasteiger partial charge in [-0.1, -0.05) is 24.3 Å². The number of benzene rings is 2. The zero-order valence-corrected chi connectivity index (χ0v) is 13.9. The Bertz CT molecular complexity index is 783. The number of nitrogens with zero attached hydrogens (tertiary/aromatic N) is 2. The number of hydrogen-bond acceptors (Lipinski definition) is 2. The second-order valence-electron chi connectivity index (χ2n) is 4.86. The number of aromatic nitrogens is 2. The first-order valence-corrected chi connectivity index (χ1v) is 7.93. The van der Waals surface area contributed by atoms with Crippen LogP contribution >= 0.6 is 22.6 Å². The van der Waals surface area contributed by atoms with Gasteiger partial charge >= 0.3 is 0 Å². The number of para-hydroxylation sites is 1. The van der Waals surface area contributed by atoms with E-state index in [0.29, 0.717) is 6.42 Å². The topological polar surface area (TPSA) is 46.9 Å². The van der Waals surface area contributed by atoms with Crippen LogP contribution in [0.4, 0.5) is 5.69 Å². The minimum atomic E-state index is -0.0467. The highest BCUT2D eigenvalue weighted by Crippen LogP contribution is 2.13. The fraction of sp³-hybridized carbons (Fsp3) is 0.0588. The van der Waals surface area contributed by atoms with E-state index in [1.165, 1.54) is 0 Å². The van der Waals surface area contributed by atoms with E-state index >= 15 is 0 Å². The molecule has 0 saturated heterocycles. The Hall–Kier alpha value is -2.15. The molecule has 3 aromatic rings. The van der Waals surface area contributed by atoms with E-state index < -0.39 is 0 Å². The SMILES string of the molecule is O=C(Cc1cnn(-c2ccccc2)c1)Nc1cccc(I)c1. The van der Waals surface area contributed by atoms with Crippen LogP contribution in [0.5, 0.6) is 0 Å². The van der Waals surface area contributed by atoms with E-state index in [2.05, 4.69) is 33.0 Å². The van der Waals surface area contributed by atoms with Crippen LogP contribution in [0.1, 0.15) is 5.56 Å². The molecule has 4 nitrogen and oxygen atoms in total. The molecule has 0 radical (unpaired) electrons. The predicted octanol–water partition coefficient (Wildman–Crippen LogP) is 3.66. The lowest BCUT2D eigenvalue weighted by Crippen LogP contribution is -2.14. The van der Waals surface area contributed by atoms with Crippen molar-refractivity contribution in [2.45, 2.75) is 6.42 Å². The lowest BCUT2D eigenvalue weighted by Gasteiger charge is -2.04. The number of nitrogens with one attached hydrogen (secondary N) is 1. The largest absolute Gasteiger partial charge is 0.326 e. The molecule has 0 unspecified atom stereocenters. The molecule has 0 aliphatic heterocycles. The number of carbonyl (C=O) groups excluding carboxylic acids is 1. The van der Waals surface area contributed by atoms with E-state index in [1.54, 1.807) is 10.9 Å². The number of hydrogen-bond donors (Lipinski definition) is 1. The highest BCUT2D eigenvalue weighted by molar-refractivity contribution is 14.1. The summed E-state index contributed by atoms with van der Waals surface area (Å²) in [6.07, 6.45) is 3.91. The van der Waals surface area contributed by atoms with Gasteiger partial charge in [0.25, 0.3) is 0 Å². The van der Waals surface area contributed by atoms with Crippen LogP contribution in [0.2, 0.25) is 0 Å². The van der Waals surface area contributed by atoms with Gasteiger partial charge in [-0.2, -0.15) is 5.10 Å². The molecule has 0 fully saturated rings. The molecular weight excluding hydrogens is 389 g/mol. The summed E-state index contributed by atoms with van der Waals surface area (Å²) in [7, 11) is 0. The normalized spacial score (nSPS) is 10.4. The van der Waals surface area contributed by atoms with Gasteiger partial charge in [-0.25, -0.2) is 4.68 Å². The molecule has 1 heterocycles. The average Bonchev–Trinajstić information content (AvgIpc) is 2.96. The maximum Gasteiger partial charge on any atom is 0.228 e. The Kier molecular flexibility index (Phi) is 4.53. The number of halogens is 1. The third-order valence-electron chi connectivity index (χ3n) is 3.13. The molecule has 3 rings (SSSR count). The summed E-state index contributed by atoms with van der Waals surface area (Å²) in [4.78, 5) is 12.1. The lowest BCUT2D eigenvalue weighted by atomic mass is 10.2. The van der Waals surface area contributed by atoms with Gasteiger partial charge in [0, 0.05) is 15.5 Å². The minimum Gasteiger partial charge on any atom is -0.326 e. The van der Waals surface area contributed by atoms with Crippen LogP contribution in [0, 0.1) is 3.57 Å². The predicted molar refractivity (Wildman–Crippen MR) is 95.1 cm³/mol. The van der Waals surface area contributed by atoms with Crippen LogP contribution in [-0.4, -0.2) is 15.7 Å². The summed E-state index contributed by atoms with van der Waals surface area (Å²) < 4.78 is 2.86. The standard InChI is InChI=1S/C17H14IN3O/c18-14-5-4-6-15(10-14)20-17(22)9-13-11-19-21(12-13)16-7-2-1-3-8-16/h1-8,10-12H,9H2,(H,20,22). The molecular formula is C17H14IN3O. The Morgan fingerprint density at radius 3 is 2.73 bits per heavy atom. The summed E-state index contributed by atoms with van der Waals surface area (Å²) in [6.45, 7) is 0. The Balaban J connectivity index is 1.66. The maximum atomic E-state index is 12.1. The second kappa shape index (κ2) is 6.74. The molecule has 110 valence electrons. The summed E-state index contributed by atoms with van der Waals surface area (Å²) in [5.74, 6) is -0.0467. The van der Waals surface area contributed by atoms with Crippen molar-refractivity contribution < 1.29 is 4.79 Å². The molecule has 2 aromatic carbocycles. The van der Waals surface area contributed by atoms with E-state index in [-0.39, 0.29) is 5.91 Å². The first-order valence-electron chi connectivity index (χ1n) is 6.85. The minimum absolute atomic E-state index is 0.0467. The van der Waals surface area contributed by atoms with Crippen LogP contribution in [0.25, 0.3) is 5.69 Å². The van der Waals surface area contributed by atoms with Crippen molar-refractivity contribution in [3.8, 4) is 5.69 Å². The molecule has 5 heteroatoms. The first-order chi connectivity index (χ1) is 10.7. The third kappa shape index (κ3) is 3.73. The zero-order valence-electron chi connectivity index (χ0n) is 11.7. The summed E-state index contributed by atoms with van der Waals surface area (Å²) >= 11 is 2.22. The van der Waals surface area contributed by atoms with Crippen molar-refractivity contribution in [3.63, 3.8) is 0 Å². The molecule has 1 aromatic heterocycles. The van der Waals surface area contributed by atoms with Gasteiger partial charge in [0.2, 0.25) is 5.91 Å². The van der Waals surface area contributed by atoms with Gasteiger partial charge in [-0.15, -0.1) is 0 Å². The summed E-state index contributed by atoms with van der Waals surface area (Å²) in [5.41, 5.74) is 2.67. The number of amides is 1. The molecule has 0 aliphatic carbocycles. The smallest absolute Gasteiger partial charge is 0.228 e. The van der Waals surface area contributed by atoms with Crippen molar-refractivity contribution in [1.29, 1.82) is 0 Å². The van der Waals surface area contributed by atoms with Crippen molar-refractivity contribution >= 4 is 34.2 Å². The second-order valence-corrected chi connectivity index (χ2v) is 6.11. The summed E-state index contributed by atoms with van der Waals surface area (Å²) in [6, 6.07) is 17.6. The van der Waals surface area contributed by atoms with Gasteiger partial charge in [-0.3, -0.25) is 4.79 Å². The van der Waals surface area contributed by atoms with Gasteiger partial charge in [-0.05, 0) is 58.5 Å². The van der Waals surface area contributed by atoms with Crippen molar-refractivity contribution in [3.05, 3.63) is 76.1 Å². The van der Waals surface area contributed by atoms with Gasteiger partial charge in [0.05, 0.1) is 18.3 Å².